The Morgan fingerprint density at radius 2 is 1.32 bits per heavy atom. The summed E-state index contributed by atoms with van der Waals surface area (Å²) < 4.78 is 0. The Balaban J connectivity index is 3.70. The highest BCUT2D eigenvalue weighted by Gasteiger charge is 2.19. The first-order valence-corrected chi connectivity index (χ1v) is 8.86. The molecule has 0 fully saturated rings. The second-order valence-electron chi connectivity index (χ2n) is 6.56. The third-order valence-electron chi connectivity index (χ3n) is 4.36. The second-order valence-corrected chi connectivity index (χ2v) is 6.56. The van der Waals surface area contributed by atoms with Crippen LogP contribution in [0.25, 0.3) is 0 Å². The fourth-order valence-corrected chi connectivity index (χ4v) is 3.02. The van der Waals surface area contributed by atoms with Gasteiger partial charge in [0.25, 0.3) is 0 Å². The van der Waals surface area contributed by atoms with Gasteiger partial charge in [0, 0.05) is 6.04 Å². The van der Waals surface area contributed by atoms with Crippen LogP contribution in [0.2, 0.25) is 0 Å². The Labute approximate surface area is 122 Å². The average molecular weight is 270 g/mol. The van der Waals surface area contributed by atoms with Gasteiger partial charge in [-0.15, -0.1) is 0 Å². The molecule has 0 spiro atoms. The Hall–Kier alpha value is -0.0400. The van der Waals surface area contributed by atoms with Gasteiger partial charge in [-0.25, -0.2) is 0 Å². The maximum Gasteiger partial charge on any atom is 0.00694 e. The molecule has 0 aliphatic carbocycles. The first-order chi connectivity index (χ1) is 9.13. The molecule has 0 radical (unpaired) electrons. The van der Waals surface area contributed by atoms with Crippen LogP contribution in [0.3, 0.4) is 0 Å². The summed E-state index contributed by atoms with van der Waals surface area (Å²) in [5.41, 5.74) is 0. The largest absolute Gasteiger partial charge is 0.314 e. The van der Waals surface area contributed by atoms with Gasteiger partial charge < -0.3 is 5.32 Å². The van der Waals surface area contributed by atoms with Crippen LogP contribution in [0.5, 0.6) is 0 Å². The minimum Gasteiger partial charge on any atom is -0.314 e. The molecular weight excluding hydrogens is 230 g/mol. The minimum absolute atomic E-state index is 0.681. The zero-order valence-corrected chi connectivity index (χ0v) is 14.3. The van der Waals surface area contributed by atoms with Crippen molar-refractivity contribution in [3.63, 3.8) is 0 Å². The second kappa shape index (κ2) is 13.0. The smallest absolute Gasteiger partial charge is 0.00694 e. The standard InChI is InChI=1S/C18H39N/c1-6-8-9-10-11-12-13-14-18(16(3)4)17(5)19-15-7-2/h16-19H,6-15H2,1-5H3. The summed E-state index contributed by atoms with van der Waals surface area (Å²) in [6.45, 7) is 12.9. The molecule has 116 valence electrons. The van der Waals surface area contributed by atoms with Crippen molar-refractivity contribution in [1.82, 2.24) is 5.32 Å². The summed E-state index contributed by atoms with van der Waals surface area (Å²) in [5, 5.41) is 3.68. The highest BCUT2D eigenvalue weighted by molar-refractivity contribution is 4.75. The van der Waals surface area contributed by atoms with Crippen molar-refractivity contribution in [3.05, 3.63) is 0 Å². The van der Waals surface area contributed by atoms with Crippen LogP contribution in [0, 0.1) is 11.8 Å². The van der Waals surface area contributed by atoms with E-state index in [1.54, 1.807) is 0 Å². The first-order valence-electron chi connectivity index (χ1n) is 8.86. The summed E-state index contributed by atoms with van der Waals surface area (Å²) in [7, 11) is 0. The topological polar surface area (TPSA) is 12.0 Å². The molecule has 0 saturated heterocycles. The molecule has 0 heterocycles. The zero-order chi connectivity index (χ0) is 14.5. The zero-order valence-electron chi connectivity index (χ0n) is 14.3. The Morgan fingerprint density at radius 3 is 1.84 bits per heavy atom. The summed E-state index contributed by atoms with van der Waals surface area (Å²) >= 11 is 0. The number of unbranched alkanes of at least 4 members (excludes halogenated alkanes) is 6. The summed E-state index contributed by atoms with van der Waals surface area (Å²) in [6.07, 6.45) is 12.6. The third-order valence-corrected chi connectivity index (χ3v) is 4.36. The third kappa shape index (κ3) is 10.4. The fourth-order valence-electron chi connectivity index (χ4n) is 3.02. The quantitative estimate of drug-likeness (QED) is 0.417. The van der Waals surface area contributed by atoms with Crippen molar-refractivity contribution >= 4 is 0 Å². The van der Waals surface area contributed by atoms with Crippen molar-refractivity contribution in [1.29, 1.82) is 0 Å². The van der Waals surface area contributed by atoms with Crippen LogP contribution >= 0.6 is 0 Å². The van der Waals surface area contributed by atoms with E-state index in [0.717, 1.165) is 11.8 Å². The highest BCUT2D eigenvalue weighted by atomic mass is 14.9. The SMILES string of the molecule is CCCCCCCCCC(C(C)C)C(C)NCCC. The molecule has 0 aromatic carbocycles. The van der Waals surface area contributed by atoms with Crippen LogP contribution in [0.15, 0.2) is 0 Å². The molecule has 0 saturated carbocycles. The lowest BCUT2D eigenvalue weighted by Crippen LogP contribution is -2.36. The van der Waals surface area contributed by atoms with E-state index in [9.17, 15) is 0 Å². The van der Waals surface area contributed by atoms with Crippen molar-refractivity contribution < 1.29 is 0 Å². The number of rotatable bonds is 13. The van der Waals surface area contributed by atoms with Crippen LogP contribution in [-0.4, -0.2) is 12.6 Å². The fraction of sp³-hybridized carbons (Fsp3) is 1.00. The molecule has 2 unspecified atom stereocenters. The molecule has 0 aliphatic rings. The number of nitrogens with one attached hydrogen (secondary N) is 1. The van der Waals surface area contributed by atoms with Crippen molar-refractivity contribution in [2.75, 3.05) is 6.54 Å². The molecule has 2 atom stereocenters. The minimum atomic E-state index is 0.681. The maximum atomic E-state index is 3.68. The van der Waals surface area contributed by atoms with E-state index < -0.39 is 0 Å². The Bertz CT molecular complexity index is 177. The lowest BCUT2D eigenvalue weighted by Gasteiger charge is -2.28. The van der Waals surface area contributed by atoms with Gasteiger partial charge in [0.15, 0.2) is 0 Å². The van der Waals surface area contributed by atoms with Crippen LogP contribution < -0.4 is 5.32 Å². The first kappa shape index (κ1) is 19.0. The highest BCUT2D eigenvalue weighted by Crippen LogP contribution is 2.23. The van der Waals surface area contributed by atoms with E-state index in [4.69, 9.17) is 0 Å². The van der Waals surface area contributed by atoms with Crippen molar-refractivity contribution in [3.8, 4) is 0 Å². The number of hydrogen-bond acceptors (Lipinski definition) is 1. The van der Waals surface area contributed by atoms with E-state index in [1.165, 1.54) is 64.3 Å². The normalized spacial score (nSPS) is 14.8. The number of hydrogen-bond donors (Lipinski definition) is 1. The Morgan fingerprint density at radius 1 is 0.737 bits per heavy atom. The molecule has 1 N–H and O–H groups in total. The molecule has 19 heavy (non-hydrogen) atoms. The molecule has 0 aliphatic heterocycles. The summed E-state index contributed by atoms with van der Waals surface area (Å²) in [5.74, 6) is 1.65. The summed E-state index contributed by atoms with van der Waals surface area (Å²) in [6, 6.07) is 0.681. The van der Waals surface area contributed by atoms with E-state index in [1.807, 2.05) is 0 Å². The van der Waals surface area contributed by atoms with Crippen LogP contribution in [0.1, 0.15) is 92.4 Å². The van der Waals surface area contributed by atoms with E-state index in [0.29, 0.717) is 6.04 Å². The molecule has 0 amide bonds. The van der Waals surface area contributed by atoms with Gasteiger partial charge in [0.05, 0.1) is 0 Å². The van der Waals surface area contributed by atoms with Gasteiger partial charge in [-0.05, 0) is 38.1 Å². The van der Waals surface area contributed by atoms with Crippen molar-refractivity contribution in [2.45, 2.75) is 98.4 Å². The van der Waals surface area contributed by atoms with Gasteiger partial charge in [-0.2, -0.15) is 0 Å². The van der Waals surface area contributed by atoms with Crippen LogP contribution in [0.4, 0.5) is 0 Å². The lowest BCUT2D eigenvalue weighted by atomic mass is 9.84. The molecule has 0 rings (SSSR count). The van der Waals surface area contributed by atoms with Crippen LogP contribution in [-0.2, 0) is 0 Å². The predicted octanol–water partition coefficient (Wildman–Crippen LogP) is 5.79. The molecule has 0 aromatic rings. The Kier molecular flexibility index (Phi) is 12.9. The molecule has 1 nitrogen and oxygen atoms in total. The van der Waals surface area contributed by atoms with Gasteiger partial charge in [0.2, 0.25) is 0 Å². The van der Waals surface area contributed by atoms with Gasteiger partial charge >= 0.3 is 0 Å². The molecule has 1 heteroatoms. The van der Waals surface area contributed by atoms with E-state index >= 15 is 0 Å². The van der Waals surface area contributed by atoms with Gasteiger partial charge in [0.1, 0.15) is 0 Å². The van der Waals surface area contributed by atoms with E-state index in [-0.39, 0.29) is 0 Å². The molecule has 0 bridgehead atoms. The molecule has 0 aromatic heterocycles. The van der Waals surface area contributed by atoms with Gasteiger partial charge in [-0.3, -0.25) is 0 Å². The lowest BCUT2D eigenvalue weighted by molar-refractivity contribution is 0.265. The van der Waals surface area contributed by atoms with Crippen molar-refractivity contribution in [2.24, 2.45) is 11.8 Å². The maximum absolute atomic E-state index is 3.68. The monoisotopic (exact) mass is 269 g/mol. The van der Waals surface area contributed by atoms with Gasteiger partial charge in [-0.1, -0.05) is 72.6 Å². The molecular formula is C18H39N. The summed E-state index contributed by atoms with van der Waals surface area (Å²) in [4.78, 5) is 0. The van der Waals surface area contributed by atoms with E-state index in [2.05, 4.69) is 39.9 Å². The average Bonchev–Trinajstić information content (AvgIpc) is 2.38. The predicted molar refractivity (Wildman–Crippen MR) is 88.7 cm³/mol.